The van der Waals surface area contributed by atoms with Crippen molar-refractivity contribution in [2.45, 2.75) is 18.1 Å². The van der Waals surface area contributed by atoms with Gasteiger partial charge in [-0.3, -0.25) is 4.79 Å². The van der Waals surface area contributed by atoms with E-state index in [-0.39, 0.29) is 17.3 Å². The van der Waals surface area contributed by atoms with Crippen LogP contribution in [0.25, 0.3) is 0 Å². The highest BCUT2D eigenvalue weighted by atomic mass is 127. The van der Waals surface area contributed by atoms with Crippen molar-refractivity contribution in [2.75, 3.05) is 7.11 Å². The molecule has 0 bridgehead atoms. The number of hydrogen-bond donors (Lipinski definition) is 0. The number of halogens is 5. The minimum Gasteiger partial charge on any atom is -0.469 e. The van der Waals surface area contributed by atoms with E-state index in [0.717, 1.165) is 7.11 Å². The second kappa shape index (κ2) is 6.73. The van der Waals surface area contributed by atoms with Gasteiger partial charge in [0.1, 0.15) is 0 Å². The Balaban J connectivity index is 3.18. The second-order valence-electron chi connectivity index (χ2n) is 3.32. The SMILES string of the molecule is COC(=O)Cc1cc(I)c(CBr)nc1OC(F)(F)F. The van der Waals surface area contributed by atoms with Crippen LogP contribution in [0.1, 0.15) is 11.3 Å². The van der Waals surface area contributed by atoms with Crippen molar-refractivity contribution < 1.29 is 27.4 Å². The maximum Gasteiger partial charge on any atom is 0.574 e. The van der Waals surface area contributed by atoms with Crippen LogP contribution in [0.15, 0.2) is 6.07 Å². The van der Waals surface area contributed by atoms with Crippen molar-refractivity contribution in [3.8, 4) is 5.88 Å². The predicted octanol–water partition coefficient (Wildman–Crippen LogP) is 3.20. The first-order valence-corrected chi connectivity index (χ1v) is 7.03. The summed E-state index contributed by atoms with van der Waals surface area (Å²) in [5, 5.41) is 0.276. The van der Waals surface area contributed by atoms with Crippen LogP contribution in [0, 0.1) is 3.57 Å². The molecule has 0 radical (unpaired) electrons. The molecule has 0 saturated carbocycles. The average Bonchev–Trinajstić information content (AvgIpc) is 2.30. The number of ether oxygens (including phenoxy) is 2. The zero-order valence-electron chi connectivity index (χ0n) is 9.55. The van der Waals surface area contributed by atoms with Crippen LogP contribution < -0.4 is 4.74 Å². The fourth-order valence-electron chi connectivity index (χ4n) is 1.19. The van der Waals surface area contributed by atoms with Crippen LogP contribution in [-0.2, 0) is 21.3 Å². The van der Waals surface area contributed by atoms with Gasteiger partial charge in [0, 0.05) is 14.5 Å². The van der Waals surface area contributed by atoms with E-state index in [1.807, 2.05) is 22.6 Å². The molecule has 0 amide bonds. The molecule has 1 aromatic rings. The Hall–Kier alpha value is -0.580. The van der Waals surface area contributed by atoms with Gasteiger partial charge in [0.25, 0.3) is 0 Å². The standard InChI is InChI=1S/C10H8BrF3INO3/c1-18-8(17)3-5-2-6(15)7(4-11)16-9(5)19-10(12,13)14/h2H,3-4H2,1H3. The van der Waals surface area contributed by atoms with Gasteiger partial charge in [-0.1, -0.05) is 15.9 Å². The van der Waals surface area contributed by atoms with Gasteiger partial charge >= 0.3 is 12.3 Å². The second-order valence-corrected chi connectivity index (χ2v) is 5.04. The molecule has 0 fully saturated rings. The lowest BCUT2D eigenvalue weighted by atomic mass is 10.2. The molecule has 0 aromatic carbocycles. The highest BCUT2D eigenvalue weighted by Gasteiger charge is 2.33. The molecule has 0 aliphatic carbocycles. The molecule has 0 aliphatic heterocycles. The Labute approximate surface area is 128 Å². The maximum absolute atomic E-state index is 12.3. The molecule has 0 saturated heterocycles. The van der Waals surface area contributed by atoms with Crippen LogP contribution in [0.3, 0.4) is 0 Å². The molecule has 0 N–H and O–H groups in total. The third-order valence-electron chi connectivity index (χ3n) is 1.99. The van der Waals surface area contributed by atoms with Gasteiger partial charge in [-0.05, 0) is 28.7 Å². The number of carbonyl (C=O) groups is 1. The van der Waals surface area contributed by atoms with Crippen molar-refractivity contribution in [1.29, 1.82) is 0 Å². The summed E-state index contributed by atoms with van der Waals surface area (Å²) in [7, 11) is 1.15. The Bertz CT molecular complexity index is 482. The lowest BCUT2D eigenvalue weighted by Crippen LogP contribution is -2.20. The summed E-state index contributed by atoms with van der Waals surface area (Å²) in [6, 6.07) is 1.42. The molecule has 0 atom stereocenters. The number of hydrogen-bond acceptors (Lipinski definition) is 4. The summed E-state index contributed by atoms with van der Waals surface area (Å²) in [4.78, 5) is 14.9. The lowest BCUT2D eigenvalue weighted by Gasteiger charge is -2.13. The van der Waals surface area contributed by atoms with Crippen molar-refractivity contribution >= 4 is 44.5 Å². The maximum atomic E-state index is 12.3. The molecular formula is C10H8BrF3INO3. The lowest BCUT2D eigenvalue weighted by molar-refractivity contribution is -0.276. The molecule has 0 spiro atoms. The summed E-state index contributed by atoms with van der Waals surface area (Å²) in [5.74, 6) is -1.30. The quantitative estimate of drug-likeness (QED) is 0.399. The molecule has 4 nitrogen and oxygen atoms in total. The van der Waals surface area contributed by atoms with Crippen LogP contribution in [0.2, 0.25) is 0 Å². The molecule has 0 unspecified atom stereocenters. The van der Waals surface area contributed by atoms with E-state index in [4.69, 9.17) is 0 Å². The Morgan fingerprint density at radius 1 is 1.53 bits per heavy atom. The number of pyridine rings is 1. The molecule has 1 rings (SSSR count). The van der Waals surface area contributed by atoms with Crippen molar-refractivity contribution in [1.82, 2.24) is 4.98 Å². The molecule has 1 aromatic heterocycles. The predicted molar refractivity (Wildman–Crippen MR) is 72.0 cm³/mol. The van der Waals surface area contributed by atoms with Crippen LogP contribution >= 0.6 is 38.5 Å². The smallest absolute Gasteiger partial charge is 0.469 e. The van der Waals surface area contributed by atoms with Crippen molar-refractivity contribution in [3.63, 3.8) is 0 Å². The molecule has 0 aliphatic rings. The molecular weight excluding hydrogens is 446 g/mol. The average molecular weight is 454 g/mol. The summed E-state index contributed by atoms with van der Waals surface area (Å²) >= 11 is 5.03. The first-order chi connectivity index (χ1) is 8.76. The number of esters is 1. The Morgan fingerprint density at radius 3 is 2.63 bits per heavy atom. The van der Waals surface area contributed by atoms with Gasteiger partial charge in [0.2, 0.25) is 5.88 Å². The van der Waals surface area contributed by atoms with Gasteiger partial charge in [-0.2, -0.15) is 0 Å². The summed E-state index contributed by atoms with van der Waals surface area (Å²) < 4.78 is 45.7. The van der Waals surface area contributed by atoms with E-state index < -0.39 is 18.2 Å². The highest BCUT2D eigenvalue weighted by Crippen LogP contribution is 2.28. The van der Waals surface area contributed by atoms with E-state index >= 15 is 0 Å². The number of alkyl halides is 4. The normalized spacial score (nSPS) is 11.3. The van der Waals surface area contributed by atoms with Gasteiger partial charge < -0.3 is 9.47 Å². The monoisotopic (exact) mass is 453 g/mol. The minimum absolute atomic E-state index is 0.0262. The largest absolute Gasteiger partial charge is 0.574 e. The first-order valence-electron chi connectivity index (χ1n) is 4.83. The summed E-state index contributed by atoms with van der Waals surface area (Å²) in [5.41, 5.74) is 0.423. The molecule has 106 valence electrons. The van der Waals surface area contributed by atoms with Crippen LogP contribution in [0.5, 0.6) is 5.88 Å². The van der Waals surface area contributed by atoms with Crippen molar-refractivity contribution in [3.05, 3.63) is 20.9 Å². The number of nitrogens with zero attached hydrogens (tertiary/aromatic N) is 1. The zero-order chi connectivity index (χ0) is 14.6. The summed E-state index contributed by atoms with van der Waals surface area (Å²) in [6.07, 6.45) is -5.21. The fraction of sp³-hybridized carbons (Fsp3) is 0.400. The highest BCUT2D eigenvalue weighted by molar-refractivity contribution is 14.1. The number of aromatic nitrogens is 1. The number of methoxy groups -OCH3 is 1. The zero-order valence-corrected chi connectivity index (χ0v) is 13.3. The van der Waals surface area contributed by atoms with Gasteiger partial charge in [-0.15, -0.1) is 13.2 Å². The third-order valence-corrected chi connectivity index (χ3v) is 3.45. The Kier molecular flexibility index (Phi) is 5.83. The van der Waals surface area contributed by atoms with E-state index in [0.29, 0.717) is 9.26 Å². The van der Waals surface area contributed by atoms with E-state index in [2.05, 4.69) is 30.4 Å². The van der Waals surface area contributed by atoms with E-state index in [9.17, 15) is 18.0 Å². The first kappa shape index (κ1) is 16.5. The minimum atomic E-state index is -4.87. The fourth-order valence-corrected chi connectivity index (χ4v) is 2.83. The topological polar surface area (TPSA) is 48.4 Å². The molecule has 19 heavy (non-hydrogen) atoms. The Morgan fingerprint density at radius 2 is 2.16 bits per heavy atom. The summed E-state index contributed by atoms with van der Waals surface area (Å²) in [6.45, 7) is 0. The van der Waals surface area contributed by atoms with E-state index in [1.54, 1.807) is 0 Å². The molecule has 1 heterocycles. The third kappa shape index (κ3) is 5.13. The van der Waals surface area contributed by atoms with E-state index in [1.165, 1.54) is 6.07 Å². The van der Waals surface area contributed by atoms with Gasteiger partial charge in [0.15, 0.2) is 0 Å². The van der Waals surface area contributed by atoms with Gasteiger partial charge in [-0.25, -0.2) is 4.98 Å². The van der Waals surface area contributed by atoms with Crippen molar-refractivity contribution in [2.24, 2.45) is 0 Å². The van der Waals surface area contributed by atoms with Gasteiger partial charge in [0.05, 0.1) is 19.2 Å². The van der Waals surface area contributed by atoms with Crippen LogP contribution in [0.4, 0.5) is 13.2 Å². The number of rotatable bonds is 4. The molecule has 9 heteroatoms. The number of carbonyl (C=O) groups excluding carboxylic acids is 1. The van der Waals surface area contributed by atoms with Crippen LogP contribution in [-0.4, -0.2) is 24.4 Å².